The summed E-state index contributed by atoms with van der Waals surface area (Å²) >= 11 is 6.12. The van der Waals surface area contributed by atoms with Gasteiger partial charge in [-0.15, -0.1) is 0 Å². The number of hydrogen-bond acceptors (Lipinski definition) is 3. The Morgan fingerprint density at radius 2 is 2.00 bits per heavy atom. The predicted molar refractivity (Wildman–Crippen MR) is 80.4 cm³/mol. The molecule has 0 aliphatic heterocycles. The molecule has 0 spiro atoms. The van der Waals surface area contributed by atoms with Crippen molar-refractivity contribution in [3.05, 3.63) is 35.0 Å². The van der Waals surface area contributed by atoms with Gasteiger partial charge in [-0.2, -0.15) is 0 Å². The third-order valence-corrected chi connectivity index (χ3v) is 4.73. The van der Waals surface area contributed by atoms with Gasteiger partial charge in [0, 0.05) is 5.39 Å². The second-order valence-electron chi connectivity index (χ2n) is 5.73. The van der Waals surface area contributed by atoms with Gasteiger partial charge in [-0.05, 0) is 39.1 Å². The lowest BCUT2D eigenvalue weighted by Crippen LogP contribution is -2.48. The maximum atomic E-state index is 12.9. The summed E-state index contributed by atoms with van der Waals surface area (Å²) in [7, 11) is 3.94. The SMILES string of the molecule is CN(C)C1(C(=O)c2cc3cccc(Cl)c3o2)CCCC1. The molecule has 1 saturated carbocycles. The van der Waals surface area contributed by atoms with Crippen LogP contribution in [0.25, 0.3) is 11.0 Å². The first-order valence-corrected chi connectivity index (χ1v) is 7.33. The summed E-state index contributed by atoms with van der Waals surface area (Å²) in [6, 6.07) is 7.37. The molecule has 0 bridgehead atoms. The van der Waals surface area contributed by atoms with E-state index in [-0.39, 0.29) is 5.78 Å². The van der Waals surface area contributed by atoms with Gasteiger partial charge in [0.2, 0.25) is 5.78 Å². The second kappa shape index (κ2) is 4.90. The van der Waals surface area contributed by atoms with Crippen LogP contribution in [0.15, 0.2) is 28.7 Å². The number of likely N-dealkylation sites (N-methyl/N-ethyl adjacent to an activating group) is 1. The van der Waals surface area contributed by atoms with E-state index in [0.717, 1.165) is 31.1 Å². The summed E-state index contributed by atoms with van der Waals surface area (Å²) in [5.74, 6) is 0.496. The smallest absolute Gasteiger partial charge is 0.218 e. The molecule has 3 nitrogen and oxygen atoms in total. The van der Waals surface area contributed by atoms with E-state index in [0.29, 0.717) is 16.4 Å². The molecule has 0 radical (unpaired) electrons. The van der Waals surface area contributed by atoms with E-state index in [1.54, 1.807) is 6.07 Å². The number of furan rings is 1. The zero-order valence-electron chi connectivity index (χ0n) is 11.8. The molecule has 1 heterocycles. The van der Waals surface area contributed by atoms with Gasteiger partial charge in [0.1, 0.15) is 0 Å². The highest BCUT2D eigenvalue weighted by Crippen LogP contribution is 2.38. The molecular weight excluding hydrogens is 274 g/mol. The van der Waals surface area contributed by atoms with E-state index >= 15 is 0 Å². The third-order valence-electron chi connectivity index (χ3n) is 4.43. The van der Waals surface area contributed by atoms with Crippen LogP contribution in [0.1, 0.15) is 36.2 Å². The fourth-order valence-corrected chi connectivity index (χ4v) is 3.43. The number of ketones is 1. The fourth-order valence-electron chi connectivity index (χ4n) is 3.21. The zero-order valence-corrected chi connectivity index (χ0v) is 12.5. The van der Waals surface area contributed by atoms with E-state index in [9.17, 15) is 4.79 Å². The summed E-state index contributed by atoms with van der Waals surface area (Å²) in [6.07, 6.45) is 3.96. The Morgan fingerprint density at radius 3 is 2.60 bits per heavy atom. The lowest BCUT2D eigenvalue weighted by Gasteiger charge is -2.33. The van der Waals surface area contributed by atoms with Crippen LogP contribution in [-0.2, 0) is 0 Å². The molecular formula is C16H18ClNO2. The third kappa shape index (κ3) is 1.97. The minimum atomic E-state index is -0.416. The lowest BCUT2D eigenvalue weighted by molar-refractivity contribution is 0.0665. The molecule has 1 aromatic carbocycles. The summed E-state index contributed by atoms with van der Waals surface area (Å²) in [5, 5.41) is 1.43. The molecule has 0 amide bonds. The minimum Gasteiger partial charge on any atom is -0.451 e. The predicted octanol–water partition coefficient (Wildman–Crippen LogP) is 4.14. The number of Topliss-reactive ketones (excluding diaryl/α,β-unsaturated/α-hetero) is 1. The summed E-state index contributed by atoms with van der Waals surface area (Å²) in [5.41, 5.74) is 0.185. The maximum Gasteiger partial charge on any atom is 0.218 e. The van der Waals surface area contributed by atoms with Crippen molar-refractivity contribution >= 4 is 28.4 Å². The molecule has 0 atom stereocenters. The first kappa shape index (κ1) is 13.7. The molecule has 3 rings (SSSR count). The largest absolute Gasteiger partial charge is 0.451 e. The van der Waals surface area contributed by atoms with Crippen LogP contribution >= 0.6 is 11.6 Å². The van der Waals surface area contributed by atoms with Crippen molar-refractivity contribution in [2.75, 3.05) is 14.1 Å². The summed E-state index contributed by atoms with van der Waals surface area (Å²) < 4.78 is 5.74. The van der Waals surface area contributed by atoms with Crippen molar-refractivity contribution in [3.8, 4) is 0 Å². The standard InChI is InChI=1S/C16H18ClNO2/c1-18(2)16(8-3-4-9-16)15(19)13-10-11-6-5-7-12(17)14(11)20-13/h5-7,10H,3-4,8-9H2,1-2H3. The van der Waals surface area contributed by atoms with Gasteiger partial charge in [-0.25, -0.2) is 0 Å². The Balaban J connectivity index is 2.06. The first-order valence-electron chi connectivity index (χ1n) is 6.95. The van der Waals surface area contributed by atoms with Crippen LogP contribution in [-0.4, -0.2) is 30.3 Å². The molecule has 1 aliphatic carbocycles. The van der Waals surface area contributed by atoms with Gasteiger partial charge in [-0.3, -0.25) is 9.69 Å². The van der Waals surface area contributed by atoms with Crippen LogP contribution in [0.5, 0.6) is 0 Å². The van der Waals surface area contributed by atoms with Crippen LogP contribution in [0.2, 0.25) is 5.02 Å². The van der Waals surface area contributed by atoms with Crippen molar-refractivity contribution in [1.82, 2.24) is 4.90 Å². The summed E-state index contributed by atoms with van der Waals surface area (Å²) in [4.78, 5) is 15.0. The molecule has 0 saturated heterocycles. The van der Waals surface area contributed by atoms with Gasteiger partial charge in [0.25, 0.3) is 0 Å². The van der Waals surface area contributed by atoms with E-state index in [2.05, 4.69) is 0 Å². The van der Waals surface area contributed by atoms with Crippen molar-refractivity contribution in [3.63, 3.8) is 0 Å². The number of halogens is 1. The van der Waals surface area contributed by atoms with Crippen LogP contribution in [0.4, 0.5) is 0 Å². The maximum absolute atomic E-state index is 12.9. The van der Waals surface area contributed by atoms with Crippen LogP contribution < -0.4 is 0 Å². The van der Waals surface area contributed by atoms with Crippen LogP contribution in [0, 0.1) is 0 Å². The number of hydrogen-bond donors (Lipinski definition) is 0. The molecule has 1 fully saturated rings. The van der Waals surface area contributed by atoms with Gasteiger partial charge in [0.15, 0.2) is 11.3 Å². The number of carbonyl (C=O) groups excluding carboxylic acids is 1. The number of rotatable bonds is 3. The quantitative estimate of drug-likeness (QED) is 0.797. The van der Waals surface area contributed by atoms with E-state index in [1.165, 1.54) is 0 Å². The van der Waals surface area contributed by atoms with E-state index in [1.807, 2.05) is 37.2 Å². The second-order valence-corrected chi connectivity index (χ2v) is 6.14. The Hall–Kier alpha value is -1.32. The Kier molecular flexibility index (Phi) is 3.35. The van der Waals surface area contributed by atoms with Gasteiger partial charge >= 0.3 is 0 Å². The first-order chi connectivity index (χ1) is 9.54. The number of para-hydroxylation sites is 1. The van der Waals surface area contributed by atoms with Gasteiger partial charge < -0.3 is 4.42 Å². The number of carbonyl (C=O) groups is 1. The fraction of sp³-hybridized carbons (Fsp3) is 0.438. The molecule has 1 aromatic heterocycles. The number of benzene rings is 1. The van der Waals surface area contributed by atoms with Crippen LogP contribution in [0.3, 0.4) is 0 Å². The van der Waals surface area contributed by atoms with Gasteiger partial charge in [-0.1, -0.05) is 36.6 Å². The monoisotopic (exact) mass is 291 g/mol. The van der Waals surface area contributed by atoms with Crippen molar-refractivity contribution in [1.29, 1.82) is 0 Å². The number of fused-ring (bicyclic) bond motifs is 1. The van der Waals surface area contributed by atoms with Crippen molar-refractivity contribution in [2.45, 2.75) is 31.2 Å². The summed E-state index contributed by atoms with van der Waals surface area (Å²) in [6.45, 7) is 0. The Bertz CT molecular complexity index is 654. The number of nitrogens with zero attached hydrogens (tertiary/aromatic N) is 1. The molecule has 0 N–H and O–H groups in total. The normalized spacial score (nSPS) is 18.0. The average molecular weight is 292 g/mol. The lowest BCUT2D eigenvalue weighted by atomic mass is 9.89. The minimum absolute atomic E-state index is 0.0762. The Morgan fingerprint density at radius 1 is 1.30 bits per heavy atom. The van der Waals surface area contributed by atoms with Crippen molar-refractivity contribution < 1.29 is 9.21 Å². The Labute approximate surface area is 123 Å². The van der Waals surface area contributed by atoms with Crippen molar-refractivity contribution in [2.24, 2.45) is 0 Å². The molecule has 4 heteroatoms. The molecule has 106 valence electrons. The topological polar surface area (TPSA) is 33.5 Å². The molecule has 0 unspecified atom stereocenters. The highest BCUT2D eigenvalue weighted by molar-refractivity contribution is 6.34. The zero-order chi connectivity index (χ0) is 14.3. The molecule has 20 heavy (non-hydrogen) atoms. The molecule has 1 aliphatic rings. The highest BCUT2D eigenvalue weighted by atomic mass is 35.5. The average Bonchev–Trinajstić information content (AvgIpc) is 3.06. The molecule has 2 aromatic rings. The van der Waals surface area contributed by atoms with Gasteiger partial charge in [0.05, 0.1) is 10.6 Å². The van der Waals surface area contributed by atoms with E-state index in [4.69, 9.17) is 16.0 Å². The highest BCUT2D eigenvalue weighted by Gasteiger charge is 2.44. The van der Waals surface area contributed by atoms with E-state index < -0.39 is 5.54 Å².